The fourth-order valence-corrected chi connectivity index (χ4v) is 4.54. The molecule has 7 heteroatoms. The second-order valence-corrected chi connectivity index (χ2v) is 8.67. The number of nitrogens with one attached hydrogen (secondary N) is 2. The minimum absolute atomic E-state index is 0.0226. The third-order valence-electron chi connectivity index (χ3n) is 5.34. The monoisotopic (exact) mass is 402 g/mol. The van der Waals surface area contributed by atoms with Gasteiger partial charge in [0.25, 0.3) is 5.91 Å². The van der Waals surface area contributed by atoms with Crippen LogP contribution >= 0.6 is 11.3 Å². The number of ether oxygens (including phenoxy) is 1. The van der Waals surface area contributed by atoms with Crippen LogP contribution in [0, 0.1) is 25.6 Å². The second-order valence-electron chi connectivity index (χ2n) is 7.45. The number of carbonyl (C=O) groups excluding carboxylic acids is 2. The van der Waals surface area contributed by atoms with Crippen LogP contribution in [-0.2, 0) is 4.79 Å². The Labute approximate surface area is 167 Å². The average molecular weight is 402 g/mol. The Morgan fingerprint density at radius 3 is 2.75 bits per heavy atom. The number of hydrogen-bond acceptors (Lipinski definition) is 4. The molecular weight excluding hydrogens is 379 g/mol. The Morgan fingerprint density at radius 2 is 2.00 bits per heavy atom. The van der Waals surface area contributed by atoms with Gasteiger partial charge >= 0.3 is 0 Å². The first-order valence-electron chi connectivity index (χ1n) is 9.58. The summed E-state index contributed by atoms with van der Waals surface area (Å²) in [5.41, 5.74) is 2.01. The van der Waals surface area contributed by atoms with E-state index in [-0.39, 0.29) is 29.6 Å². The van der Waals surface area contributed by atoms with Crippen molar-refractivity contribution >= 4 is 28.2 Å². The van der Waals surface area contributed by atoms with Gasteiger partial charge in [-0.15, -0.1) is 11.3 Å². The molecule has 1 saturated carbocycles. The number of halogens is 1. The van der Waals surface area contributed by atoms with Crippen LogP contribution < -0.4 is 15.4 Å². The number of rotatable bonds is 4. The van der Waals surface area contributed by atoms with Crippen LogP contribution in [0.15, 0.2) is 18.2 Å². The van der Waals surface area contributed by atoms with Crippen LogP contribution in [0.1, 0.15) is 58.1 Å². The maximum Gasteiger partial charge on any atom is 0.255 e. The highest BCUT2D eigenvalue weighted by molar-refractivity contribution is 7.16. The van der Waals surface area contributed by atoms with Crippen molar-refractivity contribution in [3.05, 3.63) is 45.6 Å². The Hall–Kier alpha value is -2.41. The van der Waals surface area contributed by atoms with E-state index in [1.807, 2.05) is 13.8 Å². The number of amides is 2. The summed E-state index contributed by atoms with van der Waals surface area (Å²) < 4.78 is 19.5. The minimum Gasteiger partial charge on any atom is -0.493 e. The zero-order valence-electron chi connectivity index (χ0n) is 15.9. The van der Waals surface area contributed by atoms with Gasteiger partial charge in [0.15, 0.2) is 0 Å². The molecule has 2 heterocycles. The molecule has 0 unspecified atom stereocenters. The van der Waals surface area contributed by atoms with Crippen LogP contribution in [-0.4, -0.2) is 18.4 Å². The average Bonchev–Trinajstić information content (AvgIpc) is 3.47. The molecule has 148 valence electrons. The molecule has 2 N–H and O–H groups in total. The molecule has 0 bridgehead atoms. The van der Waals surface area contributed by atoms with Gasteiger partial charge < -0.3 is 15.4 Å². The summed E-state index contributed by atoms with van der Waals surface area (Å²) in [5.74, 6) is 0.0289. The number of aryl methyl sites for hydroxylation is 1. The molecule has 2 amide bonds. The van der Waals surface area contributed by atoms with Gasteiger partial charge in [0.05, 0.1) is 18.2 Å². The minimum atomic E-state index is -0.358. The molecule has 1 atom stereocenters. The number of carbonyl (C=O) groups is 2. The zero-order chi connectivity index (χ0) is 19.8. The molecule has 2 aliphatic rings. The maximum absolute atomic E-state index is 13.8. The van der Waals surface area contributed by atoms with Crippen molar-refractivity contribution in [2.75, 3.05) is 11.9 Å². The Morgan fingerprint density at radius 1 is 1.21 bits per heavy atom. The zero-order valence-corrected chi connectivity index (χ0v) is 16.7. The SMILES string of the molecule is Cc1sc(NC(=O)C2CC2)c(C(=O)N[C@H]2CCCOc3ccc(F)cc32)c1C. The van der Waals surface area contributed by atoms with Gasteiger partial charge in [0, 0.05) is 16.4 Å². The summed E-state index contributed by atoms with van der Waals surface area (Å²) >= 11 is 1.42. The first-order chi connectivity index (χ1) is 13.4. The second kappa shape index (κ2) is 7.54. The molecular formula is C21H23FN2O3S. The quantitative estimate of drug-likeness (QED) is 0.791. The predicted molar refractivity (Wildman–Crippen MR) is 106 cm³/mol. The number of anilines is 1. The van der Waals surface area contributed by atoms with Crippen molar-refractivity contribution in [1.82, 2.24) is 5.32 Å². The van der Waals surface area contributed by atoms with Gasteiger partial charge in [-0.2, -0.15) is 0 Å². The van der Waals surface area contributed by atoms with E-state index < -0.39 is 0 Å². The van der Waals surface area contributed by atoms with Crippen LogP contribution in [0.5, 0.6) is 5.75 Å². The van der Waals surface area contributed by atoms with E-state index in [4.69, 9.17) is 4.74 Å². The van der Waals surface area contributed by atoms with Crippen LogP contribution in [0.4, 0.5) is 9.39 Å². The highest BCUT2D eigenvalue weighted by atomic mass is 32.1. The van der Waals surface area contributed by atoms with E-state index >= 15 is 0 Å². The first kappa shape index (κ1) is 18.9. The molecule has 1 aromatic heterocycles. The van der Waals surface area contributed by atoms with Gasteiger partial charge in [-0.1, -0.05) is 0 Å². The van der Waals surface area contributed by atoms with Crippen molar-refractivity contribution in [2.24, 2.45) is 5.92 Å². The molecule has 5 nitrogen and oxygen atoms in total. The lowest BCUT2D eigenvalue weighted by Gasteiger charge is -2.19. The van der Waals surface area contributed by atoms with Crippen LogP contribution in [0.25, 0.3) is 0 Å². The summed E-state index contributed by atoms with van der Waals surface area (Å²) in [6.45, 7) is 4.36. The van der Waals surface area contributed by atoms with Gasteiger partial charge in [-0.3, -0.25) is 9.59 Å². The van der Waals surface area contributed by atoms with Crippen molar-refractivity contribution < 1.29 is 18.7 Å². The van der Waals surface area contributed by atoms with Gasteiger partial charge in [-0.25, -0.2) is 4.39 Å². The topological polar surface area (TPSA) is 67.4 Å². The summed E-state index contributed by atoms with van der Waals surface area (Å²) in [6, 6.07) is 4.05. The number of fused-ring (bicyclic) bond motifs is 1. The molecule has 0 spiro atoms. The lowest BCUT2D eigenvalue weighted by molar-refractivity contribution is -0.117. The third kappa shape index (κ3) is 3.76. The molecule has 1 aromatic carbocycles. The summed E-state index contributed by atoms with van der Waals surface area (Å²) in [5, 5.41) is 6.56. The van der Waals surface area contributed by atoms with E-state index in [0.717, 1.165) is 29.7 Å². The lowest BCUT2D eigenvalue weighted by atomic mass is 10.0. The van der Waals surface area contributed by atoms with E-state index in [1.165, 1.54) is 23.5 Å². The number of thiophene rings is 1. The Kier molecular flexibility index (Phi) is 5.10. The molecule has 0 saturated heterocycles. The van der Waals surface area contributed by atoms with Crippen molar-refractivity contribution in [2.45, 2.75) is 45.6 Å². The standard InChI is InChI=1S/C21H23FN2O3S/c1-11-12(2)28-21(24-19(25)13-5-6-13)18(11)20(26)23-16-4-3-9-27-17-8-7-14(22)10-15(16)17/h7-8,10,13,16H,3-6,9H2,1-2H3,(H,23,26)(H,24,25)/t16-/m0/s1. The fraction of sp³-hybridized carbons (Fsp3) is 0.429. The lowest BCUT2D eigenvalue weighted by Crippen LogP contribution is -2.29. The van der Waals surface area contributed by atoms with Gasteiger partial charge in [-0.05, 0) is 63.3 Å². The van der Waals surface area contributed by atoms with E-state index in [0.29, 0.717) is 34.9 Å². The van der Waals surface area contributed by atoms with E-state index in [9.17, 15) is 14.0 Å². The van der Waals surface area contributed by atoms with Crippen molar-refractivity contribution in [3.63, 3.8) is 0 Å². The van der Waals surface area contributed by atoms with Crippen molar-refractivity contribution in [3.8, 4) is 5.75 Å². The fourth-order valence-electron chi connectivity index (χ4n) is 3.48. The highest BCUT2D eigenvalue weighted by Crippen LogP contribution is 2.37. The molecule has 28 heavy (non-hydrogen) atoms. The molecule has 1 aliphatic heterocycles. The largest absolute Gasteiger partial charge is 0.493 e. The van der Waals surface area contributed by atoms with Crippen LogP contribution in [0.2, 0.25) is 0 Å². The third-order valence-corrected chi connectivity index (χ3v) is 6.47. The smallest absolute Gasteiger partial charge is 0.255 e. The summed E-state index contributed by atoms with van der Waals surface area (Å²) in [7, 11) is 0. The van der Waals surface area contributed by atoms with E-state index in [1.54, 1.807) is 6.07 Å². The normalized spacial score (nSPS) is 18.6. The Bertz CT molecular complexity index is 936. The molecule has 1 fully saturated rings. The number of benzene rings is 1. The molecule has 2 aromatic rings. The van der Waals surface area contributed by atoms with Gasteiger partial charge in [0.1, 0.15) is 16.6 Å². The highest BCUT2D eigenvalue weighted by Gasteiger charge is 2.32. The summed E-state index contributed by atoms with van der Waals surface area (Å²) in [4.78, 5) is 26.4. The number of hydrogen-bond donors (Lipinski definition) is 2. The van der Waals surface area contributed by atoms with Crippen LogP contribution in [0.3, 0.4) is 0 Å². The Balaban J connectivity index is 1.60. The predicted octanol–water partition coefficient (Wildman–Crippen LogP) is 4.50. The summed E-state index contributed by atoms with van der Waals surface area (Å²) in [6.07, 6.45) is 3.23. The van der Waals surface area contributed by atoms with Gasteiger partial charge in [0.2, 0.25) is 5.91 Å². The van der Waals surface area contributed by atoms with E-state index in [2.05, 4.69) is 10.6 Å². The first-order valence-corrected chi connectivity index (χ1v) is 10.4. The maximum atomic E-state index is 13.8. The molecule has 0 radical (unpaired) electrons. The molecule has 1 aliphatic carbocycles. The van der Waals surface area contributed by atoms with Crippen molar-refractivity contribution in [1.29, 1.82) is 0 Å². The molecule has 4 rings (SSSR count).